The fraction of sp³-hybridized carbons (Fsp3) is 0. The summed E-state index contributed by atoms with van der Waals surface area (Å²) in [6, 6.07) is 6.89. The molecule has 108 valence electrons. The normalized spacial score (nSPS) is 10.0. The molecule has 0 atom stereocenters. The molecule has 0 saturated heterocycles. The lowest BCUT2D eigenvalue weighted by Gasteiger charge is -2.08. The summed E-state index contributed by atoms with van der Waals surface area (Å²) >= 11 is 17.4. The second-order valence-electron chi connectivity index (χ2n) is 3.87. The van der Waals surface area contributed by atoms with Crippen LogP contribution in [0.5, 0.6) is 0 Å². The highest BCUT2D eigenvalue weighted by molar-refractivity contribution is 6.40. The molecule has 0 aliphatic heterocycles. The molecule has 8 heteroatoms. The average Bonchev–Trinajstić information content (AvgIpc) is 2.41. The molecule has 2 aromatic rings. The third-order valence-electron chi connectivity index (χ3n) is 2.39. The van der Waals surface area contributed by atoms with Crippen LogP contribution in [0, 0.1) is 0 Å². The maximum atomic E-state index is 12.0. The zero-order chi connectivity index (χ0) is 15.4. The highest BCUT2D eigenvalue weighted by atomic mass is 35.5. The Morgan fingerprint density at radius 3 is 2.24 bits per heavy atom. The summed E-state index contributed by atoms with van der Waals surface area (Å²) in [5.41, 5.74) is 0.0278. The number of hydrogen-bond acceptors (Lipinski definition) is 3. The molecule has 0 aliphatic rings. The minimum atomic E-state index is -0.759. The number of carbonyl (C=O) groups is 2. The summed E-state index contributed by atoms with van der Waals surface area (Å²) in [6.07, 6.45) is 1.37. The number of amides is 3. The van der Waals surface area contributed by atoms with Crippen molar-refractivity contribution in [3.05, 3.63) is 57.2 Å². The van der Waals surface area contributed by atoms with Gasteiger partial charge in [0.2, 0.25) is 0 Å². The summed E-state index contributed by atoms with van der Waals surface area (Å²) in [4.78, 5) is 27.5. The topological polar surface area (TPSA) is 71.1 Å². The van der Waals surface area contributed by atoms with Crippen LogP contribution in [-0.2, 0) is 0 Å². The number of benzene rings is 1. The number of pyridine rings is 1. The molecule has 0 spiro atoms. The summed E-state index contributed by atoms with van der Waals surface area (Å²) in [7, 11) is 0. The zero-order valence-corrected chi connectivity index (χ0v) is 12.6. The van der Waals surface area contributed by atoms with E-state index in [-0.39, 0.29) is 21.4 Å². The van der Waals surface area contributed by atoms with Gasteiger partial charge in [-0.25, -0.2) is 9.78 Å². The lowest BCUT2D eigenvalue weighted by atomic mass is 10.2. The van der Waals surface area contributed by atoms with Crippen molar-refractivity contribution in [2.45, 2.75) is 0 Å². The van der Waals surface area contributed by atoms with Gasteiger partial charge in [-0.1, -0.05) is 40.9 Å². The third kappa shape index (κ3) is 4.07. The first-order valence-corrected chi connectivity index (χ1v) is 6.78. The van der Waals surface area contributed by atoms with E-state index in [0.717, 1.165) is 0 Å². The van der Waals surface area contributed by atoms with Crippen molar-refractivity contribution in [3.8, 4) is 0 Å². The van der Waals surface area contributed by atoms with Crippen LogP contribution in [0.4, 0.5) is 10.6 Å². The minimum absolute atomic E-state index is 0.0278. The molecule has 0 fully saturated rings. The molecular formula is C13H8Cl3N3O2. The van der Waals surface area contributed by atoms with E-state index in [1.807, 2.05) is 0 Å². The molecule has 2 N–H and O–H groups in total. The average molecular weight is 345 g/mol. The van der Waals surface area contributed by atoms with Crippen LogP contribution in [0.1, 0.15) is 10.4 Å². The Kier molecular flexibility index (Phi) is 5.01. The summed E-state index contributed by atoms with van der Waals surface area (Å²) in [6.45, 7) is 0. The molecule has 1 aromatic carbocycles. The van der Waals surface area contributed by atoms with Crippen LogP contribution in [0.25, 0.3) is 0 Å². The van der Waals surface area contributed by atoms with Gasteiger partial charge < -0.3 is 0 Å². The predicted molar refractivity (Wildman–Crippen MR) is 82.2 cm³/mol. The van der Waals surface area contributed by atoms with Gasteiger partial charge in [0.1, 0.15) is 5.82 Å². The monoisotopic (exact) mass is 343 g/mol. The Morgan fingerprint density at radius 1 is 1.00 bits per heavy atom. The first-order chi connectivity index (χ1) is 9.97. The number of anilines is 1. The van der Waals surface area contributed by atoms with Crippen molar-refractivity contribution >= 4 is 52.6 Å². The molecule has 1 aromatic heterocycles. The summed E-state index contributed by atoms with van der Waals surface area (Å²) < 4.78 is 0. The molecular weight excluding hydrogens is 337 g/mol. The second-order valence-corrected chi connectivity index (χ2v) is 5.12. The molecule has 21 heavy (non-hydrogen) atoms. The Balaban J connectivity index is 2.06. The quantitative estimate of drug-likeness (QED) is 0.865. The van der Waals surface area contributed by atoms with Gasteiger partial charge in [0.15, 0.2) is 0 Å². The Labute approximate surface area is 135 Å². The van der Waals surface area contributed by atoms with Gasteiger partial charge in [-0.3, -0.25) is 15.4 Å². The number of urea groups is 1. The molecule has 0 unspecified atom stereocenters. The first-order valence-electron chi connectivity index (χ1n) is 5.65. The van der Waals surface area contributed by atoms with E-state index in [4.69, 9.17) is 34.8 Å². The zero-order valence-electron chi connectivity index (χ0n) is 10.4. The van der Waals surface area contributed by atoms with E-state index in [0.29, 0.717) is 5.02 Å². The van der Waals surface area contributed by atoms with Gasteiger partial charge in [-0.05, 0) is 24.3 Å². The fourth-order valence-corrected chi connectivity index (χ4v) is 2.16. The molecule has 1 heterocycles. The Hall–Kier alpha value is -1.82. The van der Waals surface area contributed by atoms with Crippen molar-refractivity contribution in [3.63, 3.8) is 0 Å². The fourth-order valence-electron chi connectivity index (χ4n) is 1.48. The minimum Gasteiger partial charge on any atom is -0.292 e. The SMILES string of the molecule is O=C(NC(=O)c1c(Cl)cccc1Cl)Nc1ccc(Cl)cn1. The molecule has 3 amide bonds. The van der Waals surface area contributed by atoms with Crippen LogP contribution in [0.3, 0.4) is 0 Å². The third-order valence-corrected chi connectivity index (χ3v) is 3.24. The van der Waals surface area contributed by atoms with E-state index < -0.39 is 11.9 Å². The van der Waals surface area contributed by atoms with Crippen molar-refractivity contribution < 1.29 is 9.59 Å². The second kappa shape index (κ2) is 6.76. The lowest BCUT2D eigenvalue weighted by Crippen LogP contribution is -2.34. The van der Waals surface area contributed by atoms with Crippen LogP contribution in [-0.4, -0.2) is 16.9 Å². The van der Waals surface area contributed by atoms with Crippen molar-refractivity contribution in [2.24, 2.45) is 0 Å². The largest absolute Gasteiger partial charge is 0.327 e. The smallest absolute Gasteiger partial charge is 0.292 e. The molecule has 0 bridgehead atoms. The standard InChI is InChI=1S/C13H8Cl3N3O2/c14-7-4-5-10(17-6-7)18-13(21)19-12(20)11-8(15)2-1-3-9(11)16/h1-6H,(H2,17,18,19,20,21). The van der Waals surface area contributed by atoms with Gasteiger partial charge in [0.25, 0.3) is 5.91 Å². The highest BCUT2D eigenvalue weighted by Crippen LogP contribution is 2.23. The molecule has 0 saturated carbocycles. The van der Waals surface area contributed by atoms with E-state index >= 15 is 0 Å². The number of nitrogens with zero attached hydrogens (tertiary/aromatic N) is 1. The number of imide groups is 1. The van der Waals surface area contributed by atoms with Crippen molar-refractivity contribution in [2.75, 3.05) is 5.32 Å². The molecule has 2 rings (SSSR count). The number of halogens is 3. The molecule has 5 nitrogen and oxygen atoms in total. The maximum absolute atomic E-state index is 12.0. The van der Waals surface area contributed by atoms with Gasteiger partial charge in [0.05, 0.1) is 20.6 Å². The summed E-state index contributed by atoms with van der Waals surface area (Å²) in [5.74, 6) is -0.466. The number of carbonyl (C=O) groups excluding carboxylic acids is 2. The van der Waals surface area contributed by atoms with Crippen LogP contribution < -0.4 is 10.6 Å². The molecule has 0 radical (unpaired) electrons. The number of nitrogens with one attached hydrogen (secondary N) is 2. The summed E-state index contributed by atoms with van der Waals surface area (Å²) in [5, 5.41) is 5.22. The Bertz CT molecular complexity index is 669. The van der Waals surface area contributed by atoms with E-state index in [9.17, 15) is 9.59 Å². The van der Waals surface area contributed by atoms with Gasteiger partial charge in [-0.15, -0.1) is 0 Å². The van der Waals surface area contributed by atoms with Crippen molar-refractivity contribution in [1.82, 2.24) is 10.3 Å². The number of rotatable bonds is 2. The van der Waals surface area contributed by atoms with Crippen LogP contribution in [0.2, 0.25) is 15.1 Å². The number of aromatic nitrogens is 1. The van der Waals surface area contributed by atoms with Gasteiger partial charge >= 0.3 is 6.03 Å². The van der Waals surface area contributed by atoms with Crippen LogP contribution in [0.15, 0.2) is 36.5 Å². The van der Waals surface area contributed by atoms with E-state index in [2.05, 4.69) is 15.6 Å². The lowest BCUT2D eigenvalue weighted by molar-refractivity contribution is 0.0967. The van der Waals surface area contributed by atoms with Crippen molar-refractivity contribution in [1.29, 1.82) is 0 Å². The Morgan fingerprint density at radius 2 is 1.67 bits per heavy atom. The van der Waals surface area contributed by atoms with Gasteiger partial charge in [-0.2, -0.15) is 0 Å². The predicted octanol–water partition coefficient (Wildman–Crippen LogP) is 4.00. The maximum Gasteiger partial charge on any atom is 0.327 e. The van der Waals surface area contributed by atoms with Crippen LogP contribution >= 0.6 is 34.8 Å². The first kappa shape index (κ1) is 15.6. The van der Waals surface area contributed by atoms with E-state index in [1.54, 1.807) is 12.1 Å². The van der Waals surface area contributed by atoms with Gasteiger partial charge in [0, 0.05) is 6.20 Å². The molecule has 0 aliphatic carbocycles. The highest BCUT2D eigenvalue weighted by Gasteiger charge is 2.17. The van der Waals surface area contributed by atoms with E-state index in [1.165, 1.54) is 24.4 Å². The number of hydrogen-bond donors (Lipinski definition) is 2.